The van der Waals surface area contributed by atoms with Crippen molar-refractivity contribution < 1.29 is 19.8 Å². The van der Waals surface area contributed by atoms with E-state index in [1.54, 1.807) is 0 Å². The fourth-order valence-corrected chi connectivity index (χ4v) is 1.46. The molecular weight excluding hydrogens is 266 g/mol. The van der Waals surface area contributed by atoms with Crippen molar-refractivity contribution in [3.05, 3.63) is 0 Å². The number of nitrogens with zero attached hydrogens (tertiary/aromatic N) is 1. The lowest BCUT2D eigenvalue weighted by Crippen LogP contribution is -2.46. The molecule has 118 valence electrons. The lowest BCUT2D eigenvalue weighted by molar-refractivity contribution is -0.139. The maximum atomic E-state index is 11.4. The highest BCUT2D eigenvalue weighted by molar-refractivity contribution is 6.35. The topological polar surface area (TPSA) is 154 Å². The van der Waals surface area contributed by atoms with Crippen molar-refractivity contribution in [2.24, 2.45) is 11.5 Å². The van der Waals surface area contributed by atoms with E-state index in [4.69, 9.17) is 21.7 Å². The average Bonchev–Trinajstić information content (AvgIpc) is 2.44. The number of nitrogens with two attached hydrogens (primary N) is 2. The molecule has 0 rings (SSSR count). The molecule has 9 nitrogen and oxygen atoms in total. The first-order chi connectivity index (χ1) is 9.54. The van der Waals surface area contributed by atoms with E-state index < -0.39 is 24.5 Å². The van der Waals surface area contributed by atoms with Gasteiger partial charge in [-0.05, 0) is 0 Å². The van der Waals surface area contributed by atoms with Gasteiger partial charge in [-0.15, -0.1) is 0 Å². The van der Waals surface area contributed by atoms with Crippen LogP contribution in [-0.4, -0.2) is 85.5 Å². The fourth-order valence-electron chi connectivity index (χ4n) is 1.46. The number of aliphatic hydroxyl groups excluding tert-OH is 2. The fraction of sp³-hybridized carbons (Fsp3) is 0.818. The summed E-state index contributed by atoms with van der Waals surface area (Å²) in [6, 6.07) is 0. The Labute approximate surface area is 118 Å². The number of nitrogens with one attached hydrogen (secondary N) is 2. The normalized spacial score (nSPS) is 12.2. The zero-order valence-electron chi connectivity index (χ0n) is 11.5. The average molecular weight is 291 g/mol. The molecule has 0 fully saturated rings. The van der Waals surface area contributed by atoms with Crippen LogP contribution < -0.4 is 22.1 Å². The first kappa shape index (κ1) is 18.7. The van der Waals surface area contributed by atoms with Gasteiger partial charge in [0.15, 0.2) is 0 Å². The minimum absolute atomic E-state index is 0.171. The van der Waals surface area contributed by atoms with E-state index >= 15 is 0 Å². The Morgan fingerprint density at radius 2 is 1.60 bits per heavy atom. The Bertz CT molecular complexity index is 284. The molecule has 0 aliphatic rings. The molecule has 0 spiro atoms. The number of carbonyl (C=O) groups is 2. The number of rotatable bonds is 10. The summed E-state index contributed by atoms with van der Waals surface area (Å²) in [4.78, 5) is 24.7. The lowest BCUT2D eigenvalue weighted by Gasteiger charge is -2.20. The summed E-state index contributed by atoms with van der Waals surface area (Å²) in [5.74, 6) is -1.63. The number of amides is 2. The highest BCUT2D eigenvalue weighted by atomic mass is 16.3. The molecule has 0 aromatic rings. The van der Waals surface area contributed by atoms with Crippen molar-refractivity contribution in [1.82, 2.24) is 15.5 Å². The molecule has 1 atom stereocenters. The van der Waals surface area contributed by atoms with Crippen LogP contribution in [0.5, 0.6) is 0 Å². The van der Waals surface area contributed by atoms with Crippen molar-refractivity contribution in [3.8, 4) is 0 Å². The van der Waals surface area contributed by atoms with Crippen LogP contribution in [0.25, 0.3) is 0 Å². The van der Waals surface area contributed by atoms with Crippen molar-refractivity contribution in [2.45, 2.75) is 6.10 Å². The van der Waals surface area contributed by atoms with Crippen LogP contribution in [0.3, 0.4) is 0 Å². The highest BCUT2D eigenvalue weighted by Gasteiger charge is 2.14. The largest absolute Gasteiger partial charge is 0.394 e. The van der Waals surface area contributed by atoms with E-state index in [-0.39, 0.29) is 6.54 Å². The van der Waals surface area contributed by atoms with Gasteiger partial charge in [-0.1, -0.05) is 0 Å². The van der Waals surface area contributed by atoms with Gasteiger partial charge in [-0.2, -0.15) is 0 Å². The highest BCUT2D eigenvalue weighted by Crippen LogP contribution is 1.84. The van der Waals surface area contributed by atoms with E-state index in [1.807, 2.05) is 4.90 Å². The van der Waals surface area contributed by atoms with E-state index in [0.29, 0.717) is 39.3 Å². The van der Waals surface area contributed by atoms with Gasteiger partial charge in [0.1, 0.15) is 0 Å². The van der Waals surface area contributed by atoms with Crippen LogP contribution in [-0.2, 0) is 9.59 Å². The van der Waals surface area contributed by atoms with Crippen LogP contribution in [0, 0.1) is 0 Å². The van der Waals surface area contributed by atoms with Gasteiger partial charge in [0, 0.05) is 45.8 Å². The molecule has 9 heteroatoms. The molecule has 0 aliphatic heterocycles. The monoisotopic (exact) mass is 291 g/mol. The van der Waals surface area contributed by atoms with E-state index in [1.165, 1.54) is 0 Å². The summed E-state index contributed by atoms with van der Waals surface area (Å²) in [5, 5.41) is 22.3. The van der Waals surface area contributed by atoms with E-state index in [9.17, 15) is 9.59 Å². The predicted molar refractivity (Wildman–Crippen MR) is 73.7 cm³/mol. The molecule has 8 N–H and O–H groups in total. The summed E-state index contributed by atoms with van der Waals surface area (Å²) in [6.45, 7) is 2.52. The molecule has 1 unspecified atom stereocenters. The summed E-state index contributed by atoms with van der Waals surface area (Å²) in [6.07, 6.45) is -1.07. The zero-order chi connectivity index (χ0) is 15.4. The van der Waals surface area contributed by atoms with Gasteiger partial charge in [0.05, 0.1) is 12.7 Å². The summed E-state index contributed by atoms with van der Waals surface area (Å²) in [5.41, 5.74) is 10.9. The maximum absolute atomic E-state index is 11.4. The van der Waals surface area contributed by atoms with Gasteiger partial charge >= 0.3 is 11.8 Å². The first-order valence-electron chi connectivity index (χ1n) is 6.52. The molecule has 0 radical (unpaired) electrons. The predicted octanol–water partition coefficient (Wildman–Crippen LogP) is -4.21. The van der Waals surface area contributed by atoms with Gasteiger partial charge in [0.2, 0.25) is 0 Å². The third-order valence-electron chi connectivity index (χ3n) is 2.52. The zero-order valence-corrected chi connectivity index (χ0v) is 11.5. The molecule has 0 aromatic carbocycles. The number of hydrogen-bond donors (Lipinski definition) is 6. The van der Waals surface area contributed by atoms with E-state index in [0.717, 1.165) is 0 Å². The maximum Gasteiger partial charge on any atom is 0.309 e. The second kappa shape index (κ2) is 11.6. The Hall–Kier alpha value is -1.26. The van der Waals surface area contributed by atoms with Crippen LogP contribution in [0.1, 0.15) is 0 Å². The SMILES string of the molecule is NCCN(CCN)CCNC(=O)C(=O)NCC(O)CO. The second-order valence-electron chi connectivity index (χ2n) is 4.22. The van der Waals surface area contributed by atoms with Crippen molar-refractivity contribution in [1.29, 1.82) is 0 Å². The summed E-state index contributed by atoms with van der Waals surface area (Å²) < 4.78 is 0. The third-order valence-corrected chi connectivity index (χ3v) is 2.52. The van der Waals surface area contributed by atoms with Crippen LogP contribution in [0.15, 0.2) is 0 Å². The van der Waals surface area contributed by atoms with E-state index in [2.05, 4.69) is 10.6 Å². The van der Waals surface area contributed by atoms with Gasteiger partial charge in [-0.3, -0.25) is 14.5 Å². The number of aliphatic hydroxyl groups is 2. The van der Waals surface area contributed by atoms with Gasteiger partial charge in [-0.25, -0.2) is 0 Å². The molecule has 0 aromatic heterocycles. The second-order valence-corrected chi connectivity index (χ2v) is 4.22. The molecule has 0 aliphatic carbocycles. The smallest absolute Gasteiger partial charge is 0.309 e. The van der Waals surface area contributed by atoms with Gasteiger partial charge < -0.3 is 32.3 Å². The van der Waals surface area contributed by atoms with Gasteiger partial charge in [0.25, 0.3) is 0 Å². The third kappa shape index (κ3) is 8.77. The summed E-state index contributed by atoms with van der Waals surface area (Å²) in [7, 11) is 0. The number of carbonyl (C=O) groups excluding carboxylic acids is 2. The lowest BCUT2D eigenvalue weighted by atomic mass is 10.3. The Balaban J connectivity index is 3.87. The quantitative estimate of drug-likeness (QED) is 0.223. The molecule has 0 bridgehead atoms. The number of hydrogen-bond acceptors (Lipinski definition) is 7. The van der Waals surface area contributed by atoms with Crippen LogP contribution in [0.4, 0.5) is 0 Å². The molecular formula is C11H25N5O4. The Morgan fingerprint density at radius 3 is 2.10 bits per heavy atom. The Morgan fingerprint density at radius 1 is 1.05 bits per heavy atom. The van der Waals surface area contributed by atoms with Crippen molar-refractivity contribution >= 4 is 11.8 Å². The first-order valence-corrected chi connectivity index (χ1v) is 6.52. The minimum Gasteiger partial charge on any atom is -0.394 e. The minimum atomic E-state index is -1.07. The van der Waals surface area contributed by atoms with Crippen LogP contribution in [0.2, 0.25) is 0 Å². The Kier molecular flexibility index (Phi) is 10.8. The molecule has 2 amide bonds. The molecule has 20 heavy (non-hydrogen) atoms. The standard InChI is InChI=1S/C11H25N5O4/c12-1-4-16(5-2-13)6-3-14-10(19)11(20)15-7-9(18)8-17/h9,17-18H,1-8,12-13H2,(H,14,19)(H,15,20). The van der Waals surface area contributed by atoms with Crippen molar-refractivity contribution in [2.75, 3.05) is 52.4 Å². The van der Waals surface area contributed by atoms with Crippen LogP contribution >= 0.6 is 0 Å². The van der Waals surface area contributed by atoms with Crippen molar-refractivity contribution in [3.63, 3.8) is 0 Å². The summed E-state index contributed by atoms with van der Waals surface area (Å²) >= 11 is 0. The molecule has 0 saturated carbocycles. The molecule has 0 heterocycles. The molecule has 0 saturated heterocycles.